The van der Waals surface area contributed by atoms with Crippen molar-refractivity contribution in [2.75, 3.05) is 42.7 Å². The molecule has 1 heterocycles. The second-order valence-electron chi connectivity index (χ2n) is 3.10. The zero-order valence-corrected chi connectivity index (χ0v) is 12.8. The summed E-state index contributed by atoms with van der Waals surface area (Å²) in [5, 5.41) is 1.19. The van der Waals surface area contributed by atoms with Gasteiger partial charge in [0.05, 0.1) is 28.4 Å². The highest BCUT2D eigenvalue weighted by atomic mass is 32.1. The van der Waals surface area contributed by atoms with Crippen molar-refractivity contribution in [3.63, 3.8) is 0 Å². The lowest BCUT2D eigenvalue weighted by atomic mass is 10.4. The van der Waals surface area contributed by atoms with Gasteiger partial charge in [0, 0.05) is 14.2 Å². The average molecular weight is 296 g/mol. The summed E-state index contributed by atoms with van der Waals surface area (Å²) in [6.45, 7) is 0. The fraction of sp³-hybridized carbons (Fsp3) is 0.700. The summed E-state index contributed by atoms with van der Waals surface area (Å²) >= 11 is 0. The van der Waals surface area contributed by atoms with Crippen LogP contribution in [0.25, 0.3) is 0 Å². The van der Waals surface area contributed by atoms with Crippen LogP contribution in [-0.4, -0.2) is 59.7 Å². The van der Waals surface area contributed by atoms with Crippen LogP contribution < -0.4 is 0 Å². The van der Waals surface area contributed by atoms with Crippen molar-refractivity contribution in [3.05, 3.63) is 11.6 Å². The summed E-state index contributed by atoms with van der Waals surface area (Å²) in [5.74, 6) is 0.661. The second-order valence-corrected chi connectivity index (χ2v) is 3.10. The van der Waals surface area contributed by atoms with Crippen LogP contribution in [0.15, 0.2) is 16.6 Å². The standard InChI is InChI=1S/C10H18N2O6.H2S/c1-13-7-8(14-2)11-10(16-4,17-5)12(18-6)9(7)15-3;/h1-6H3;1H2. The van der Waals surface area contributed by atoms with Crippen LogP contribution in [0.4, 0.5) is 0 Å². The molecule has 0 radical (unpaired) electrons. The number of hydrogen-bond acceptors (Lipinski definition) is 8. The zero-order chi connectivity index (χ0) is 13.8. The first kappa shape index (κ1) is 17.8. The van der Waals surface area contributed by atoms with Crippen LogP contribution in [0, 0.1) is 0 Å². The van der Waals surface area contributed by atoms with E-state index in [2.05, 4.69) is 4.99 Å². The van der Waals surface area contributed by atoms with Crippen molar-refractivity contribution in [1.82, 2.24) is 5.06 Å². The molecule has 0 N–H and O–H groups in total. The monoisotopic (exact) mass is 296 g/mol. The van der Waals surface area contributed by atoms with Gasteiger partial charge in [0.1, 0.15) is 0 Å². The maximum atomic E-state index is 5.23. The number of nitrogens with zero attached hydrogens (tertiary/aromatic N) is 2. The lowest BCUT2D eigenvalue weighted by molar-refractivity contribution is -0.383. The third-order valence-electron chi connectivity index (χ3n) is 2.38. The Balaban J connectivity index is 0.00000324. The Morgan fingerprint density at radius 3 is 1.79 bits per heavy atom. The molecule has 1 aliphatic rings. The first-order valence-corrected chi connectivity index (χ1v) is 5.05. The Labute approximate surface area is 119 Å². The molecule has 112 valence electrons. The maximum Gasteiger partial charge on any atom is 0.389 e. The Hall–Kier alpha value is -1.16. The van der Waals surface area contributed by atoms with Gasteiger partial charge in [0.15, 0.2) is 0 Å². The predicted molar refractivity (Wildman–Crippen MR) is 71.5 cm³/mol. The predicted octanol–water partition coefficient (Wildman–Crippen LogP) is 0.387. The highest BCUT2D eigenvalue weighted by Gasteiger charge is 2.48. The number of hydrogen-bond donors (Lipinski definition) is 0. The van der Waals surface area contributed by atoms with Gasteiger partial charge in [-0.15, -0.1) is 5.06 Å². The first-order valence-electron chi connectivity index (χ1n) is 5.05. The summed E-state index contributed by atoms with van der Waals surface area (Å²) < 4.78 is 26.0. The molecule has 0 saturated heterocycles. The summed E-state index contributed by atoms with van der Waals surface area (Å²) in [5.41, 5.74) is 0. The van der Waals surface area contributed by atoms with Gasteiger partial charge in [-0.05, 0) is 0 Å². The molecule has 8 nitrogen and oxygen atoms in total. The minimum Gasteiger partial charge on any atom is -0.487 e. The van der Waals surface area contributed by atoms with Crippen LogP contribution in [0.1, 0.15) is 0 Å². The van der Waals surface area contributed by atoms with E-state index in [9.17, 15) is 0 Å². The average Bonchev–Trinajstić information content (AvgIpc) is 2.44. The SMILES string of the molecule is COC1=NC(OC)(OC)N(OC)C(OC)=C1OC.S. The van der Waals surface area contributed by atoms with E-state index in [1.807, 2.05) is 0 Å². The van der Waals surface area contributed by atoms with E-state index >= 15 is 0 Å². The van der Waals surface area contributed by atoms with Crippen LogP contribution in [0.3, 0.4) is 0 Å². The van der Waals surface area contributed by atoms with E-state index in [4.69, 9.17) is 28.5 Å². The van der Waals surface area contributed by atoms with Crippen LogP contribution in [0.5, 0.6) is 0 Å². The van der Waals surface area contributed by atoms with Crippen molar-refractivity contribution in [2.45, 2.75) is 6.03 Å². The number of methoxy groups -OCH3 is 5. The summed E-state index contributed by atoms with van der Waals surface area (Å²) in [6, 6.07) is -1.53. The molecular weight excluding hydrogens is 276 g/mol. The molecule has 0 amide bonds. The third-order valence-corrected chi connectivity index (χ3v) is 2.38. The van der Waals surface area contributed by atoms with Crippen molar-refractivity contribution >= 4 is 19.4 Å². The molecule has 19 heavy (non-hydrogen) atoms. The first-order chi connectivity index (χ1) is 8.63. The Kier molecular flexibility index (Phi) is 6.98. The molecule has 0 bridgehead atoms. The summed E-state index contributed by atoms with van der Waals surface area (Å²) in [6.07, 6.45) is 0. The van der Waals surface area contributed by atoms with Crippen molar-refractivity contribution in [2.24, 2.45) is 4.99 Å². The quantitative estimate of drug-likeness (QED) is 0.679. The molecule has 0 saturated carbocycles. The Bertz CT molecular complexity index is 356. The van der Waals surface area contributed by atoms with Gasteiger partial charge in [0.2, 0.25) is 5.76 Å². The van der Waals surface area contributed by atoms with Crippen LogP contribution in [-0.2, 0) is 28.5 Å². The number of ether oxygens (including phenoxy) is 5. The minimum absolute atomic E-state index is 0. The second kappa shape index (κ2) is 7.43. The number of aliphatic imine (C=N–C) groups is 1. The van der Waals surface area contributed by atoms with Gasteiger partial charge in [0.25, 0.3) is 11.8 Å². The molecule has 9 heteroatoms. The highest BCUT2D eigenvalue weighted by Crippen LogP contribution is 2.32. The highest BCUT2D eigenvalue weighted by molar-refractivity contribution is 7.59. The molecule has 0 fully saturated rings. The summed E-state index contributed by atoms with van der Waals surface area (Å²) in [7, 11) is 8.61. The lowest BCUT2D eigenvalue weighted by Gasteiger charge is -2.39. The molecule has 0 aromatic carbocycles. The van der Waals surface area contributed by atoms with Gasteiger partial charge >= 0.3 is 6.03 Å². The Morgan fingerprint density at radius 1 is 0.895 bits per heavy atom. The Morgan fingerprint density at radius 2 is 1.47 bits per heavy atom. The molecule has 1 rings (SSSR count). The smallest absolute Gasteiger partial charge is 0.389 e. The van der Waals surface area contributed by atoms with E-state index in [1.54, 1.807) is 0 Å². The van der Waals surface area contributed by atoms with Gasteiger partial charge in [-0.2, -0.15) is 18.5 Å². The molecule has 1 aliphatic heterocycles. The molecular formula is C10H20N2O6S. The van der Waals surface area contributed by atoms with E-state index in [0.29, 0.717) is 0 Å². The summed E-state index contributed by atoms with van der Waals surface area (Å²) in [4.78, 5) is 9.33. The lowest BCUT2D eigenvalue weighted by Crippen LogP contribution is -2.53. The van der Waals surface area contributed by atoms with Gasteiger partial charge in [-0.3, -0.25) is 4.84 Å². The molecule has 0 unspecified atom stereocenters. The van der Waals surface area contributed by atoms with E-state index in [0.717, 1.165) is 0 Å². The van der Waals surface area contributed by atoms with Gasteiger partial charge in [-0.1, -0.05) is 0 Å². The fourth-order valence-corrected chi connectivity index (χ4v) is 1.56. The number of rotatable bonds is 5. The van der Waals surface area contributed by atoms with Crippen LogP contribution >= 0.6 is 13.5 Å². The van der Waals surface area contributed by atoms with Crippen molar-refractivity contribution in [1.29, 1.82) is 0 Å². The maximum absolute atomic E-state index is 5.23. The molecule has 0 aliphatic carbocycles. The molecule has 0 spiro atoms. The van der Waals surface area contributed by atoms with E-state index < -0.39 is 6.03 Å². The van der Waals surface area contributed by atoms with Gasteiger partial charge < -0.3 is 23.7 Å². The molecule has 0 aromatic rings. The van der Waals surface area contributed by atoms with E-state index in [1.165, 1.54) is 47.7 Å². The van der Waals surface area contributed by atoms with E-state index in [-0.39, 0.29) is 31.0 Å². The fourth-order valence-electron chi connectivity index (χ4n) is 1.56. The molecule has 0 aromatic heterocycles. The molecule has 0 atom stereocenters. The minimum atomic E-state index is -1.53. The topological polar surface area (TPSA) is 71.0 Å². The van der Waals surface area contributed by atoms with Crippen LogP contribution in [0.2, 0.25) is 0 Å². The zero-order valence-electron chi connectivity index (χ0n) is 11.8. The van der Waals surface area contributed by atoms with Crippen molar-refractivity contribution in [3.8, 4) is 0 Å². The normalized spacial score (nSPS) is 17.6. The van der Waals surface area contributed by atoms with Gasteiger partial charge in [-0.25, -0.2) is 0 Å². The van der Waals surface area contributed by atoms with Crippen molar-refractivity contribution < 1.29 is 28.5 Å². The largest absolute Gasteiger partial charge is 0.487 e. The number of hydroxylamine groups is 2. The third kappa shape index (κ3) is 2.89.